The monoisotopic (exact) mass is 555 g/mol. The van der Waals surface area contributed by atoms with Crippen molar-refractivity contribution in [2.45, 2.75) is 51.1 Å². The zero-order chi connectivity index (χ0) is 28.5. The van der Waals surface area contributed by atoms with Crippen LogP contribution in [0.5, 0.6) is 0 Å². The van der Waals surface area contributed by atoms with Crippen molar-refractivity contribution in [1.82, 2.24) is 24.8 Å². The molecule has 0 saturated carbocycles. The number of nitrogens with one attached hydrogen (secondary N) is 1. The van der Waals surface area contributed by atoms with Crippen LogP contribution in [0.25, 0.3) is 16.7 Å². The second-order valence-corrected chi connectivity index (χ2v) is 9.95. The molecule has 1 fully saturated rings. The highest BCUT2D eigenvalue weighted by atomic mass is 19.4. The first-order valence-electron chi connectivity index (χ1n) is 11.9. The summed E-state index contributed by atoms with van der Waals surface area (Å²) in [5, 5.41) is 3.29. The van der Waals surface area contributed by atoms with Gasteiger partial charge in [-0.2, -0.15) is 13.2 Å². The third kappa shape index (κ3) is 6.80. The highest BCUT2D eigenvalue weighted by Crippen LogP contribution is 2.29. The molecule has 0 bridgehead atoms. The molecule has 1 saturated heterocycles. The summed E-state index contributed by atoms with van der Waals surface area (Å²) in [7, 11) is 0. The van der Waals surface area contributed by atoms with E-state index in [4.69, 9.17) is 9.47 Å². The predicted octanol–water partition coefficient (Wildman–Crippen LogP) is 4.44. The van der Waals surface area contributed by atoms with Crippen LogP contribution >= 0.6 is 0 Å². The van der Waals surface area contributed by atoms with Crippen LogP contribution in [-0.2, 0) is 15.7 Å². The van der Waals surface area contributed by atoms with Crippen LogP contribution in [0.1, 0.15) is 36.8 Å². The molecule has 2 amide bonds. The minimum absolute atomic E-state index is 0.0390. The van der Waals surface area contributed by atoms with Crippen molar-refractivity contribution in [3.05, 3.63) is 54.1 Å². The van der Waals surface area contributed by atoms with E-state index in [-0.39, 0.29) is 24.6 Å². The molecule has 0 unspecified atom stereocenters. The van der Waals surface area contributed by atoms with Crippen LogP contribution in [0, 0.1) is 0 Å². The Morgan fingerprint density at radius 1 is 1.10 bits per heavy atom. The van der Waals surface area contributed by atoms with Gasteiger partial charge in [0.2, 0.25) is 0 Å². The van der Waals surface area contributed by atoms with Gasteiger partial charge in [-0.15, -0.1) is 0 Å². The van der Waals surface area contributed by atoms with Crippen LogP contribution in [0.4, 0.5) is 26.7 Å². The number of ether oxygens (including phenoxy) is 2. The molecule has 0 spiro atoms. The molecule has 2 atom stereocenters. The summed E-state index contributed by atoms with van der Waals surface area (Å²) in [5.74, 6) is -0.466. The molecule has 1 aliphatic heterocycles. The van der Waals surface area contributed by atoms with Gasteiger partial charge in [0.15, 0.2) is 0 Å². The lowest BCUT2D eigenvalue weighted by molar-refractivity contribution is -0.137. The zero-order valence-corrected chi connectivity index (χ0v) is 21.2. The maximum Gasteiger partial charge on any atom is 0.417 e. The van der Waals surface area contributed by atoms with E-state index >= 15 is 0 Å². The number of carbonyl (C=O) groups excluding carboxylic acids is 2. The Morgan fingerprint density at radius 2 is 1.85 bits per heavy atom. The largest absolute Gasteiger partial charge is 0.444 e. The highest BCUT2D eigenvalue weighted by Gasteiger charge is 2.39. The average molecular weight is 556 g/mol. The average Bonchev–Trinajstić information content (AvgIpc) is 3.45. The van der Waals surface area contributed by atoms with E-state index in [1.807, 2.05) is 0 Å². The molecule has 3 aromatic rings. The smallest absolute Gasteiger partial charge is 0.417 e. The molecule has 14 heteroatoms. The molecular formula is C25H26F5N5O4. The number of likely N-dealkylation sites (tertiary alicyclic amines) is 1. The van der Waals surface area contributed by atoms with Gasteiger partial charge >= 0.3 is 12.3 Å². The maximum atomic E-state index is 13.1. The van der Waals surface area contributed by atoms with Crippen molar-refractivity contribution >= 4 is 22.9 Å². The Kier molecular flexibility index (Phi) is 7.77. The van der Waals surface area contributed by atoms with Crippen LogP contribution in [-0.4, -0.2) is 75.3 Å². The lowest BCUT2D eigenvalue weighted by atomic mass is 10.2. The van der Waals surface area contributed by atoms with Crippen molar-refractivity contribution in [3.8, 4) is 5.82 Å². The van der Waals surface area contributed by atoms with Gasteiger partial charge in [0, 0.05) is 30.5 Å². The summed E-state index contributed by atoms with van der Waals surface area (Å²) in [6, 6.07) is 4.37. The molecule has 1 aliphatic rings. The van der Waals surface area contributed by atoms with E-state index in [2.05, 4.69) is 15.3 Å². The number of hydrogen-bond acceptors (Lipinski definition) is 6. The van der Waals surface area contributed by atoms with E-state index < -0.39 is 54.5 Å². The number of rotatable bonds is 6. The second-order valence-electron chi connectivity index (χ2n) is 9.95. The molecule has 0 aliphatic carbocycles. The Bertz CT molecular complexity index is 1340. The van der Waals surface area contributed by atoms with E-state index in [9.17, 15) is 31.5 Å². The molecular weight excluding hydrogens is 529 g/mol. The fourth-order valence-corrected chi connectivity index (χ4v) is 4.04. The Balaban J connectivity index is 1.54. The number of fused-ring (bicyclic) bond motifs is 1. The number of aromatic nitrogens is 3. The molecule has 4 heterocycles. The summed E-state index contributed by atoms with van der Waals surface area (Å²) in [6.07, 6.45) is -5.16. The molecule has 4 rings (SSSR count). The van der Waals surface area contributed by atoms with Gasteiger partial charge in [0.25, 0.3) is 12.3 Å². The standard InChI is InChI=1S/C25H26F5N5O4/c1-24(2,3)39-23(37)34-11-17(19(12-34)38-13-20(26)27)33-22(36)16-8-18-14(9-31-16)6-7-35(18)21-5-4-15(10-32-21)25(28,29)30/h4-10,17,19-20H,11-13H2,1-3H3,(H,33,36)/t17-,19-/m1/s1. The van der Waals surface area contributed by atoms with Gasteiger partial charge in [-0.3, -0.25) is 9.78 Å². The van der Waals surface area contributed by atoms with Crippen molar-refractivity contribution in [3.63, 3.8) is 0 Å². The molecule has 0 radical (unpaired) electrons. The number of halogens is 5. The Hall–Kier alpha value is -3.81. The molecule has 3 aromatic heterocycles. The summed E-state index contributed by atoms with van der Waals surface area (Å²) >= 11 is 0. The Labute approximate surface area is 219 Å². The van der Waals surface area contributed by atoms with Gasteiger partial charge in [-0.1, -0.05) is 0 Å². The van der Waals surface area contributed by atoms with E-state index in [1.54, 1.807) is 33.0 Å². The summed E-state index contributed by atoms with van der Waals surface area (Å²) in [4.78, 5) is 34.9. The minimum Gasteiger partial charge on any atom is -0.444 e. The molecule has 39 heavy (non-hydrogen) atoms. The van der Waals surface area contributed by atoms with E-state index in [0.717, 1.165) is 6.07 Å². The lowest BCUT2D eigenvalue weighted by Crippen LogP contribution is -2.44. The minimum atomic E-state index is -4.53. The molecule has 0 aromatic carbocycles. The van der Waals surface area contributed by atoms with Gasteiger partial charge in [-0.05, 0) is 45.0 Å². The normalized spacial score (nSPS) is 18.1. The van der Waals surface area contributed by atoms with E-state index in [0.29, 0.717) is 17.1 Å². The van der Waals surface area contributed by atoms with Crippen LogP contribution in [0.15, 0.2) is 42.9 Å². The lowest BCUT2D eigenvalue weighted by Gasteiger charge is -2.24. The first-order chi connectivity index (χ1) is 18.2. The fraction of sp³-hybridized carbons (Fsp3) is 0.440. The molecule has 210 valence electrons. The van der Waals surface area contributed by atoms with Gasteiger partial charge in [-0.25, -0.2) is 18.6 Å². The maximum absolute atomic E-state index is 13.1. The van der Waals surface area contributed by atoms with Crippen molar-refractivity contribution < 1.29 is 41.0 Å². The Morgan fingerprint density at radius 3 is 2.46 bits per heavy atom. The number of pyridine rings is 2. The number of carbonyl (C=O) groups is 2. The third-order valence-corrected chi connectivity index (χ3v) is 5.80. The first-order valence-corrected chi connectivity index (χ1v) is 11.9. The quantitative estimate of drug-likeness (QED) is 0.452. The van der Waals surface area contributed by atoms with Gasteiger partial charge < -0.3 is 24.3 Å². The van der Waals surface area contributed by atoms with Crippen molar-refractivity contribution in [1.29, 1.82) is 0 Å². The van der Waals surface area contributed by atoms with Crippen LogP contribution in [0.3, 0.4) is 0 Å². The zero-order valence-electron chi connectivity index (χ0n) is 21.2. The molecule has 1 N–H and O–H groups in total. The summed E-state index contributed by atoms with van der Waals surface area (Å²) in [5.41, 5.74) is -1.27. The fourth-order valence-electron chi connectivity index (χ4n) is 4.04. The topological polar surface area (TPSA) is 98.6 Å². The van der Waals surface area contributed by atoms with E-state index in [1.165, 1.54) is 27.8 Å². The number of hydrogen-bond donors (Lipinski definition) is 1. The predicted molar refractivity (Wildman–Crippen MR) is 129 cm³/mol. The molecule has 9 nitrogen and oxygen atoms in total. The number of alkyl halides is 5. The van der Waals surface area contributed by atoms with Gasteiger partial charge in [0.1, 0.15) is 23.7 Å². The SMILES string of the molecule is CC(C)(C)OC(=O)N1C[C@@H](NC(=O)c2cc3c(ccn3-c3ccc(C(F)(F)F)cn3)cn2)[C@H](OCC(F)F)C1. The van der Waals surface area contributed by atoms with Gasteiger partial charge in [0.05, 0.1) is 29.8 Å². The van der Waals surface area contributed by atoms with Crippen LogP contribution < -0.4 is 5.32 Å². The second kappa shape index (κ2) is 10.8. The van der Waals surface area contributed by atoms with Crippen molar-refractivity contribution in [2.24, 2.45) is 0 Å². The summed E-state index contributed by atoms with van der Waals surface area (Å²) < 4.78 is 76.4. The first kappa shape index (κ1) is 28.2. The number of amides is 2. The third-order valence-electron chi connectivity index (χ3n) is 5.80. The summed E-state index contributed by atoms with van der Waals surface area (Å²) in [6.45, 7) is 4.07. The number of nitrogens with zero attached hydrogens (tertiary/aromatic N) is 4. The van der Waals surface area contributed by atoms with Crippen molar-refractivity contribution in [2.75, 3.05) is 19.7 Å². The van der Waals surface area contributed by atoms with Crippen LogP contribution in [0.2, 0.25) is 0 Å². The highest BCUT2D eigenvalue weighted by molar-refractivity contribution is 5.96.